The van der Waals surface area contributed by atoms with E-state index in [4.69, 9.17) is 10.6 Å². The maximum absolute atomic E-state index is 5.94. The monoisotopic (exact) mass is 284 g/mol. The van der Waals surface area contributed by atoms with Gasteiger partial charge in [0.15, 0.2) is 0 Å². The highest BCUT2D eigenvalue weighted by Crippen LogP contribution is 2.33. The van der Waals surface area contributed by atoms with Crippen LogP contribution >= 0.6 is 0 Å². The lowest BCUT2D eigenvalue weighted by Gasteiger charge is -2.28. The summed E-state index contributed by atoms with van der Waals surface area (Å²) in [6.07, 6.45) is 5.28. The van der Waals surface area contributed by atoms with Crippen LogP contribution in [0.3, 0.4) is 0 Å². The molecule has 5 heteroatoms. The van der Waals surface area contributed by atoms with E-state index in [0.717, 1.165) is 30.8 Å². The molecule has 1 aromatic carbocycles. The quantitative estimate of drug-likeness (QED) is 0.663. The van der Waals surface area contributed by atoms with Crippen molar-refractivity contribution in [1.29, 1.82) is 0 Å². The fraction of sp³-hybridized carbons (Fsp3) is 0.375. The summed E-state index contributed by atoms with van der Waals surface area (Å²) >= 11 is 0. The molecular weight excluding hydrogens is 264 g/mol. The Morgan fingerprint density at radius 2 is 2.19 bits per heavy atom. The molecule has 1 aliphatic rings. The molecule has 0 bridgehead atoms. The molecule has 0 fully saturated rings. The molecule has 5 nitrogen and oxygen atoms in total. The predicted molar refractivity (Wildman–Crippen MR) is 80.3 cm³/mol. The number of benzene rings is 1. The average molecular weight is 284 g/mol. The van der Waals surface area contributed by atoms with Crippen LogP contribution in [0.25, 0.3) is 0 Å². The highest BCUT2D eigenvalue weighted by Gasteiger charge is 2.25. The topological polar surface area (TPSA) is 73.1 Å². The van der Waals surface area contributed by atoms with Gasteiger partial charge in [-0.15, -0.1) is 0 Å². The van der Waals surface area contributed by atoms with Gasteiger partial charge in [-0.2, -0.15) is 0 Å². The van der Waals surface area contributed by atoms with Crippen LogP contribution in [0.4, 0.5) is 0 Å². The van der Waals surface area contributed by atoms with E-state index in [-0.39, 0.29) is 12.1 Å². The molecule has 1 aromatic heterocycles. The van der Waals surface area contributed by atoms with Crippen molar-refractivity contribution in [2.24, 2.45) is 5.84 Å². The summed E-state index contributed by atoms with van der Waals surface area (Å²) in [7, 11) is 0. The number of ether oxygens (including phenoxy) is 1. The number of aromatic nitrogens is 2. The Labute approximate surface area is 124 Å². The molecule has 2 atom stereocenters. The van der Waals surface area contributed by atoms with Gasteiger partial charge in [0.2, 0.25) is 0 Å². The maximum atomic E-state index is 5.94. The van der Waals surface area contributed by atoms with Crippen molar-refractivity contribution in [2.45, 2.75) is 31.9 Å². The molecule has 0 saturated heterocycles. The molecule has 0 spiro atoms. The van der Waals surface area contributed by atoms with Crippen LogP contribution in [0.15, 0.2) is 36.7 Å². The minimum atomic E-state index is -0.0748. The Hall–Kier alpha value is -1.82. The predicted octanol–water partition coefficient (Wildman–Crippen LogP) is 1.99. The molecular formula is C16H20N4O. The van der Waals surface area contributed by atoms with E-state index in [1.807, 2.05) is 6.92 Å². The fourth-order valence-electron chi connectivity index (χ4n) is 2.74. The van der Waals surface area contributed by atoms with Crippen molar-refractivity contribution in [3.05, 3.63) is 59.2 Å². The van der Waals surface area contributed by atoms with Gasteiger partial charge in [-0.05, 0) is 24.5 Å². The first kappa shape index (κ1) is 14.1. The summed E-state index contributed by atoms with van der Waals surface area (Å²) in [6.45, 7) is 2.67. The first-order valence-corrected chi connectivity index (χ1v) is 7.22. The van der Waals surface area contributed by atoms with E-state index in [1.54, 1.807) is 12.4 Å². The van der Waals surface area contributed by atoms with Crippen LogP contribution in [0.1, 0.15) is 41.1 Å². The molecule has 2 unspecified atom stereocenters. The molecule has 0 aliphatic carbocycles. The summed E-state index contributed by atoms with van der Waals surface area (Å²) in [5.74, 6) is 5.71. The van der Waals surface area contributed by atoms with Crippen LogP contribution in [0.2, 0.25) is 0 Å². The van der Waals surface area contributed by atoms with E-state index in [2.05, 4.69) is 39.7 Å². The van der Waals surface area contributed by atoms with E-state index >= 15 is 0 Å². The van der Waals surface area contributed by atoms with Crippen LogP contribution in [0, 0.1) is 6.92 Å². The molecule has 3 N–H and O–H groups in total. The molecule has 0 radical (unpaired) electrons. The second-order valence-electron chi connectivity index (χ2n) is 5.35. The molecule has 3 rings (SSSR count). The smallest absolute Gasteiger partial charge is 0.0847 e. The Kier molecular flexibility index (Phi) is 4.24. The molecule has 21 heavy (non-hydrogen) atoms. The van der Waals surface area contributed by atoms with Gasteiger partial charge in [0.05, 0.1) is 36.3 Å². The zero-order valence-electron chi connectivity index (χ0n) is 12.1. The highest BCUT2D eigenvalue weighted by molar-refractivity contribution is 5.31. The largest absolute Gasteiger partial charge is 0.373 e. The van der Waals surface area contributed by atoms with Gasteiger partial charge in [-0.1, -0.05) is 24.3 Å². The van der Waals surface area contributed by atoms with Crippen molar-refractivity contribution >= 4 is 0 Å². The summed E-state index contributed by atoms with van der Waals surface area (Å²) < 4.78 is 5.94. The first-order valence-electron chi connectivity index (χ1n) is 7.22. The maximum Gasteiger partial charge on any atom is 0.0847 e. The van der Waals surface area contributed by atoms with E-state index < -0.39 is 0 Å². The molecule has 1 aliphatic heterocycles. The number of hydrazine groups is 1. The van der Waals surface area contributed by atoms with Crippen LogP contribution in [0.5, 0.6) is 0 Å². The molecule has 2 heterocycles. The standard InChI is InChI=1S/C16H20N4O/c1-11-9-19-15(10-18-11)14(20-17)8-16-13-5-3-2-4-12(13)6-7-21-16/h2-5,9-10,14,16,20H,6-8,17H2,1H3. The van der Waals surface area contributed by atoms with Crippen LogP contribution in [-0.2, 0) is 11.2 Å². The first-order chi connectivity index (χ1) is 10.3. The van der Waals surface area contributed by atoms with Crippen molar-refractivity contribution in [2.75, 3.05) is 6.61 Å². The van der Waals surface area contributed by atoms with Gasteiger partial charge < -0.3 is 4.74 Å². The number of hydrogen-bond acceptors (Lipinski definition) is 5. The van der Waals surface area contributed by atoms with Gasteiger partial charge >= 0.3 is 0 Å². The van der Waals surface area contributed by atoms with Gasteiger partial charge in [0.1, 0.15) is 0 Å². The molecule has 0 saturated carbocycles. The molecule has 0 amide bonds. The number of fused-ring (bicyclic) bond motifs is 1. The Balaban J connectivity index is 1.80. The lowest BCUT2D eigenvalue weighted by Crippen LogP contribution is -2.31. The van der Waals surface area contributed by atoms with Crippen LogP contribution < -0.4 is 11.3 Å². The summed E-state index contributed by atoms with van der Waals surface area (Å²) in [5, 5.41) is 0. The zero-order valence-corrected chi connectivity index (χ0v) is 12.1. The second kappa shape index (κ2) is 6.30. The zero-order chi connectivity index (χ0) is 14.7. The van der Waals surface area contributed by atoms with Gasteiger partial charge in [-0.25, -0.2) is 0 Å². The van der Waals surface area contributed by atoms with Gasteiger partial charge in [0, 0.05) is 12.6 Å². The third-order valence-electron chi connectivity index (χ3n) is 3.90. The van der Waals surface area contributed by atoms with Gasteiger partial charge in [0.25, 0.3) is 0 Å². The Morgan fingerprint density at radius 3 is 2.95 bits per heavy atom. The van der Waals surface area contributed by atoms with Crippen LogP contribution in [-0.4, -0.2) is 16.6 Å². The second-order valence-corrected chi connectivity index (χ2v) is 5.35. The summed E-state index contributed by atoms with van der Waals surface area (Å²) in [4.78, 5) is 8.70. The number of rotatable bonds is 4. The van der Waals surface area contributed by atoms with Gasteiger partial charge in [-0.3, -0.25) is 21.2 Å². The molecule has 2 aromatic rings. The number of nitrogens with one attached hydrogen (secondary N) is 1. The fourth-order valence-corrected chi connectivity index (χ4v) is 2.74. The van der Waals surface area contributed by atoms with E-state index in [1.165, 1.54) is 11.1 Å². The van der Waals surface area contributed by atoms with E-state index in [9.17, 15) is 0 Å². The van der Waals surface area contributed by atoms with Crippen molar-refractivity contribution in [3.8, 4) is 0 Å². The number of nitrogens with two attached hydrogens (primary N) is 1. The lowest BCUT2D eigenvalue weighted by molar-refractivity contribution is 0.0289. The normalized spacial score (nSPS) is 19.0. The SMILES string of the molecule is Cc1cnc(C(CC2OCCc3ccccc32)NN)cn1. The Morgan fingerprint density at radius 1 is 1.33 bits per heavy atom. The van der Waals surface area contributed by atoms with Crippen molar-refractivity contribution in [1.82, 2.24) is 15.4 Å². The third-order valence-corrected chi connectivity index (χ3v) is 3.90. The third kappa shape index (κ3) is 3.10. The summed E-state index contributed by atoms with van der Waals surface area (Å²) in [5.41, 5.74) is 7.19. The Bertz CT molecular complexity index is 599. The summed E-state index contributed by atoms with van der Waals surface area (Å²) in [6, 6.07) is 8.35. The number of aryl methyl sites for hydroxylation is 1. The number of nitrogens with zero attached hydrogens (tertiary/aromatic N) is 2. The van der Waals surface area contributed by atoms with E-state index in [0.29, 0.717) is 0 Å². The van der Waals surface area contributed by atoms with Crippen molar-refractivity contribution in [3.63, 3.8) is 0 Å². The number of hydrogen-bond donors (Lipinski definition) is 2. The van der Waals surface area contributed by atoms with Crippen molar-refractivity contribution < 1.29 is 4.74 Å². The lowest BCUT2D eigenvalue weighted by atomic mass is 9.93. The molecule has 110 valence electrons. The highest BCUT2D eigenvalue weighted by atomic mass is 16.5. The minimum absolute atomic E-state index is 0.0408. The minimum Gasteiger partial charge on any atom is -0.373 e. The average Bonchev–Trinajstić information content (AvgIpc) is 2.54.